The van der Waals surface area contributed by atoms with Crippen molar-refractivity contribution in [2.75, 3.05) is 11.4 Å². The number of rotatable bonds is 0. The van der Waals surface area contributed by atoms with E-state index in [1.165, 1.54) is 18.2 Å². The van der Waals surface area contributed by atoms with Gasteiger partial charge in [0.25, 0.3) is 0 Å². The maximum absolute atomic E-state index is 12.2. The highest BCUT2D eigenvalue weighted by molar-refractivity contribution is 5.99. The number of phenols is 1. The van der Waals surface area contributed by atoms with E-state index in [4.69, 9.17) is 5.11 Å². The second-order valence-corrected chi connectivity index (χ2v) is 3.52. The van der Waals surface area contributed by atoms with Gasteiger partial charge in [0.15, 0.2) is 0 Å². The molecule has 3 nitrogen and oxygen atoms in total. The topological polar surface area (TPSA) is 40.5 Å². The molecule has 0 aromatic heterocycles. The highest BCUT2D eigenvalue weighted by atomic mass is 19.4. The first-order valence-electron chi connectivity index (χ1n) is 4.60. The quantitative estimate of drug-likeness (QED) is 0.740. The molecule has 2 rings (SSSR count). The maximum Gasteiger partial charge on any atom is 0.471 e. The summed E-state index contributed by atoms with van der Waals surface area (Å²) in [4.78, 5) is 11.7. The molecule has 0 bridgehead atoms. The molecular formula is C10H8F3NO2. The van der Waals surface area contributed by atoms with Gasteiger partial charge >= 0.3 is 12.1 Å². The Morgan fingerprint density at radius 2 is 2.06 bits per heavy atom. The Hall–Kier alpha value is -1.72. The number of nitrogens with zero attached hydrogens (tertiary/aromatic N) is 1. The molecule has 1 heterocycles. The van der Waals surface area contributed by atoms with Gasteiger partial charge in [-0.05, 0) is 30.2 Å². The van der Waals surface area contributed by atoms with E-state index in [1.807, 2.05) is 0 Å². The van der Waals surface area contributed by atoms with Crippen molar-refractivity contribution in [3.05, 3.63) is 23.8 Å². The smallest absolute Gasteiger partial charge is 0.471 e. The third kappa shape index (κ3) is 1.70. The SMILES string of the molecule is O=C(N1CCc2cc(O)ccc21)C(F)(F)F. The van der Waals surface area contributed by atoms with Crippen molar-refractivity contribution in [2.45, 2.75) is 12.6 Å². The zero-order valence-electron chi connectivity index (χ0n) is 8.08. The van der Waals surface area contributed by atoms with Crippen molar-refractivity contribution in [1.29, 1.82) is 0 Å². The number of halogens is 3. The summed E-state index contributed by atoms with van der Waals surface area (Å²) in [7, 11) is 0. The van der Waals surface area contributed by atoms with Gasteiger partial charge in [0.1, 0.15) is 5.75 Å². The first kappa shape index (κ1) is 10.8. The van der Waals surface area contributed by atoms with Crippen LogP contribution in [0.5, 0.6) is 5.75 Å². The first-order chi connectivity index (χ1) is 7.39. The van der Waals surface area contributed by atoms with Crippen LogP contribution in [0.15, 0.2) is 18.2 Å². The first-order valence-corrected chi connectivity index (χ1v) is 4.60. The van der Waals surface area contributed by atoms with Gasteiger partial charge in [0.2, 0.25) is 0 Å². The molecule has 0 aliphatic carbocycles. The summed E-state index contributed by atoms with van der Waals surface area (Å²) in [5.41, 5.74) is 0.776. The van der Waals surface area contributed by atoms with Crippen LogP contribution in [0.4, 0.5) is 18.9 Å². The zero-order chi connectivity index (χ0) is 11.9. The fourth-order valence-corrected chi connectivity index (χ4v) is 1.75. The van der Waals surface area contributed by atoms with E-state index in [1.54, 1.807) is 0 Å². The van der Waals surface area contributed by atoms with E-state index in [0.29, 0.717) is 16.9 Å². The largest absolute Gasteiger partial charge is 0.508 e. The molecule has 0 spiro atoms. The number of hydrogen-bond acceptors (Lipinski definition) is 2. The van der Waals surface area contributed by atoms with E-state index in [-0.39, 0.29) is 18.0 Å². The van der Waals surface area contributed by atoms with Gasteiger partial charge < -0.3 is 10.0 Å². The van der Waals surface area contributed by atoms with Crippen molar-refractivity contribution < 1.29 is 23.1 Å². The van der Waals surface area contributed by atoms with Crippen LogP contribution in [-0.2, 0) is 11.2 Å². The highest BCUT2D eigenvalue weighted by Crippen LogP contribution is 2.33. The lowest BCUT2D eigenvalue weighted by Crippen LogP contribution is -2.40. The number of alkyl halides is 3. The number of phenolic OH excluding ortho intramolecular Hbond substituents is 1. The van der Waals surface area contributed by atoms with Gasteiger partial charge in [-0.2, -0.15) is 13.2 Å². The van der Waals surface area contributed by atoms with Gasteiger partial charge in [0.05, 0.1) is 0 Å². The summed E-state index contributed by atoms with van der Waals surface area (Å²) in [6.45, 7) is -0.00285. The number of benzene rings is 1. The fraction of sp³-hybridized carbons (Fsp3) is 0.300. The molecule has 1 amide bonds. The number of anilines is 1. The summed E-state index contributed by atoms with van der Waals surface area (Å²) < 4.78 is 36.7. The highest BCUT2D eigenvalue weighted by Gasteiger charge is 2.44. The van der Waals surface area contributed by atoms with E-state index >= 15 is 0 Å². The second-order valence-electron chi connectivity index (χ2n) is 3.52. The average Bonchev–Trinajstić information content (AvgIpc) is 2.57. The van der Waals surface area contributed by atoms with E-state index in [2.05, 4.69) is 0 Å². The van der Waals surface area contributed by atoms with E-state index in [9.17, 15) is 18.0 Å². The number of hydrogen-bond donors (Lipinski definition) is 1. The minimum Gasteiger partial charge on any atom is -0.508 e. The average molecular weight is 231 g/mol. The maximum atomic E-state index is 12.2. The lowest BCUT2D eigenvalue weighted by molar-refractivity contribution is -0.170. The van der Waals surface area contributed by atoms with Crippen LogP contribution in [0.25, 0.3) is 0 Å². The Morgan fingerprint density at radius 1 is 1.38 bits per heavy atom. The third-order valence-electron chi connectivity index (χ3n) is 2.45. The number of fused-ring (bicyclic) bond motifs is 1. The normalized spacial score (nSPS) is 15.1. The van der Waals surface area contributed by atoms with Crippen LogP contribution in [-0.4, -0.2) is 23.7 Å². The Balaban J connectivity index is 2.34. The Bertz CT molecular complexity index is 442. The molecule has 1 aliphatic rings. The van der Waals surface area contributed by atoms with Gasteiger partial charge in [-0.25, -0.2) is 0 Å². The molecule has 6 heteroatoms. The number of aromatic hydroxyl groups is 1. The molecule has 1 aromatic rings. The predicted octanol–water partition coefficient (Wildman–Crippen LogP) is 1.84. The summed E-state index contributed by atoms with van der Waals surface area (Å²) in [5.74, 6) is -1.88. The molecule has 1 N–H and O–H groups in total. The van der Waals surface area contributed by atoms with Crippen molar-refractivity contribution >= 4 is 11.6 Å². The van der Waals surface area contributed by atoms with Crippen LogP contribution in [0.1, 0.15) is 5.56 Å². The Kier molecular flexibility index (Phi) is 2.29. The number of amides is 1. The van der Waals surface area contributed by atoms with Crippen LogP contribution < -0.4 is 4.90 Å². The standard InChI is InChI=1S/C10H8F3NO2/c11-10(12,13)9(16)14-4-3-6-5-7(15)1-2-8(6)14/h1-2,5,15H,3-4H2. The zero-order valence-corrected chi connectivity index (χ0v) is 8.08. The Morgan fingerprint density at radius 3 is 2.69 bits per heavy atom. The van der Waals surface area contributed by atoms with Gasteiger partial charge in [-0.3, -0.25) is 4.79 Å². The van der Waals surface area contributed by atoms with Gasteiger partial charge in [0, 0.05) is 12.2 Å². The minimum absolute atomic E-state index is 0.00285. The lowest BCUT2D eigenvalue weighted by Gasteiger charge is -2.18. The molecular weight excluding hydrogens is 223 g/mol. The Labute approximate surface area is 89.1 Å². The molecule has 0 saturated heterocycles. The summed E-state index contributed by atoms with van der Waals surface area (Å²) >= 11 is 0. The lowest BCUT2D eigenvalue weighted by atomic mass is 10.1. The van der Waals surface area contributed by atoms with Crippen molar-refractivity contribution in [3.63, 3.8) is 0 Å². The summed E-state index contributed by atoms with van der Waals surface area (Å²) in [5, 5.41) is 9.16. The minimum atomic E-state index is -4.86. The summed E-state index contributed by atoms with van der Waals surface area (Å²) in [6, 6.07) is 3.96. The predicted molar refractivity (Wildman–Crippen MR) is 50.2 cm³/mol. The second kappa shape index (κ2) is 3.40. The van der Waals surface area contributed by atoms with Crippen LogP contribution in [0.3, 0.4) is 0 Å². The van der Waals surface area contributed by atoms with Crippen molar-refractivity contribution in [2.24, 2.45) is 0 Å². The number of carbonyl (C=O) groups excluding carboxylic acids is 1. The molecule has 0 saturated carbocycles. The van der Waals surface area contributed by atoms with Gasteiger partial charge in [-0.15, -0.1) is 0 Å². The summed E-state index contributed by atoms with van der Waals surface area (Å²) in [6.07, 6.45) is -4.54. The molecule has 16 heavy (non-hydrogen) atoms. The molecule has 0 unspecified atom stereocenters. The van der Waals surface area contributed by atoms with Crippen LogP contribution in [0.2, 0.25) is 0 Å². The van der Waals surface area contributed by atoms with Gasteiger partial charge in [-0.1, -0.05) is 0 Å². The van der Waals surface area contributed by atoms with Crippen LogP contribution in [0, 0.1) is 0 Å². The fourth-order valence-electron chi connectivity index (χ4n) is 1.75. The molecule has 0 radical (unpaired) electrons. The molecule has 1 aromatic carbocycles. The molecule has 0 atom stereocenters. The molecule has 0 fully saturated rings. The monoisotopic (exact) mass is 231 g/mol. The van der Waals surface area contributed by atoms with E-state index in [0.717, 1.165) is 0 Å². The molecule has 1 aliphatic heterocycles. The van der Waals surface area contributed by atoms with Crippen LogP contribution >= 0.6 is 0 Å². The number of carbonyl (C=O) groups is 1. The van der Waals surface area contributed by atoms with Crippen molar-refractivity contribution in [3.8, 4) is 5.75 Å². The van der Waals surface area contributed by atoms with E-state index < -0.39 is 12.1 Å². The third-order valence-corrected chi connectivity index (χ3v) is 2.45. The molecule has 86 valence electrons. The van der Waals surface area contributed by atoms with Crippen molar-refractivity contribution in [1.82, 2.24) is 0 Å².